The second-order valence-corrected chi connectivity index (χ2v) is 3.85. The van der Waals surface area contributed by atoms with Crippen LogP contribution in [-0.2, 0) is 0 Å². The second kappa shape index (κ2) is 6.33. The number of carbonyl (C=O) groups excluding carboxylic acids is 1. The maximum Gasteiger partial charge on any atom is 0.289 e. The number of rotatable bonds is 4. The van der Waals surface area contributed by atoms with E-state index < -0.39 is 5.91 Å². The molecule has 0 aliphatic rings. The summed E-state index contributed by atoms with van der Waals surface area (Å²) in [6.45, 7) is 0. The molecule has 2 rings (SSSR count). The minimum atomic E-state index is -0.396. The normalized spacial score (nSPS) is 10.4. The van der Waals surface area contributed by atoms with Crippen LogP contribution in [0.1, 0.15) is 16.1 Å². The third-order valence-corrected chi connectivity index (χ3v) is 2.48. The number of amides is 1. The largest absolute Gasteiger partial charge is 0.504 e. The smallest absolute Gasteiger partial charge is 0.289 e. The first kappa shape index (κ1) is 13.5. The van der Waals surface area contributed by atoms with Crippen LogP contribution in [0, 0.1) is 0 Å². The molecule has 0 atom stereocenters. The van der Waals surface area contributed by atoms with Gasteiger partial charge < -0.3 is 9.84 Å². The highest BCUT2D eigenvalue weighted by Crippen LogP contribution is 2.25. The number of phenols is 1. The summed E-state index contributed by atoms with van der Waals surface area (Å²) in [5.41, 5.74) is 3.33. The van der Waals surface area contributed by atoms with Gasteiger partial charge >= 0.3 is 0 Å². The summed E-state index contributed by atoms with van der Waals surface area (Å²) in [6.07, 6.45) is 2.98. The molecule has 0 unspecified atom stereocenters. The number of carbonyl (C=O) groups is 1. The minimum absolute atomic E-state index is 0.0437. The quantitative estimate of drug-likeness (QED) is 0.653. The first-order valence-corrected chi connectivity index (χ1v) is 5.82. The highest BCUT2D eigenvalue weighted by molar-refractivity contribution is 5.93. The van der Waals surface area contributed by atoms with Crippen molar-refractivity contribution in [2.45, 2.75) is 0 Å². The molecular formula is C14H13N3O3. The fourth-order valence-electron chi connectivity index (χ4n) is 1.49. The van der Waals surface area contributed by atoms with Crippen LogP contribution in [0.3, 0.4) is 0 Å². The van der Waals surface area contributed by atoms with E-state index in [9.17, 15) is 9.90 Å². The van der Waals surface area contributed by atoms with E-state index >= 15 is 0 Å². The third kappa shape index (κ3) is 3.32. The Hall–Kier alpha value is -2.89. The number of aromatic nitrogens is 1. The predicted octanol–water partition coefficient (Wildman–Crippen LogP) is 1.56. The lowest BCUT2D eigenvalue weighted by Crippen LogP contribution is -2.18. The van der Waals surface area contributed by atoms with Crippen LogP contribution in [0.25, 0.3) is 0 Å². The molecule has 0 radical (unpaired) electrons. The molecule has 1 aromatic heterocycles. The first-order valence-electron chi connectivity index (χ1n) is 5.82. The Morgan fingerprint density at radius 2 is 2.25 bits per heavy atom. The Bertz CT molecular complexity index is 627. The van der Waals surface area contributed by atoms with Gasteiger partial charge in [0.05, 0.1) is 13.3 Å². The van der Waals surface area contributed by atoms with Crippen molar-refractivity contribution in [3.8, 4) is 11.5 Å². The SMILES string of the molecule is COc1cc(/C=N\NC(=O)c2ccccn2)ccc1O. The van der Waals surface area contributed by atoms with E-state index in [0.717, 1.165) is 0 Å². The molecule has 0 spiro atoms. The summed E-state index contributed by atoms with van der Waals surface area (Å²) >= 11 is 0. The Labute approximate surface area is 115 Å². The molecule has 1 aromatic carbocycles. The van der Waals surface area contributed by atoms with Gasteiger partial charge in [0, 0.05) is 6.20 Å². The Morgan fingerprint density at radius 3 is 2.95 bits per heavy atom. The lowest BCUT2D eigenvalue weighted by atomic mass is 10.2. The van der Waals surface area contributed by atoms with E-state index in [4.69, 9.17) is 4.74 Å². The van der Waals surface area contributed by atoms with Crippen molar-refractivity contribution in [3.05, 3.63) is 53.9 Å². The van der Waals surface area contributed by atoms with Crippen LogP contribution in [0.15, 0.2) is 47.7 Å². The fourth-order valence-corrected chi connectivity index (χ4v) is 1.49. The van der Waals surface area contributed by atoms with Gasteiger partial charge in [-0.15, -0.1) is 0 Å². The fraction of sp³-hybridized carbons (Fsp3) is 0.0714. The number of ether oxygens (including phenoxy) is 1. The zero-order valence-electron chi connectivity index (χ0n) is 10.8. The van der Waals surface area contributed by atoms with E-state index in [1.54, 1.807) is 30.3 Å². The maximum absolute atomic E-state index is 11.7. The van der Waals surface area contributed by atoms with E-state index in [-0.39, 0.29) is 11.4 Å². The van der Waals surface area contributed by atoms with Crippen LogP contribution in [0.4, 0.5) is 0 Å². The van der Waals surface area contributed by atoms with E-state index in [0.29, 0.717) is 11.3 Å². The minimum Gasteiger partial charge on any atom is -0.504 e. The summed E-state index contributed by atoms with van der Waals surface area (Å²) in [7, 11) is 1.46. The number of hydrogen-bond donors (Lipinski definition) is 2. The van der Waals surface area contributed by atoms with Gasteiger partial charge in [-0.05, 0) is 35.9 Å². The molecule has 20 heavy (non-hydrogen) atoms. The van der Waals surface area contributed by atoms with Gasteiger partial charge in [-0.25, -0.2) is 5.43 Å². The van der Waals surface area contributed by atoms with Crippen molar-refractivity contribution < 1.29 is 14.6 Å². The van der Waals surface area contributed by atoms with Crippen LogP contribution < -0.4 is 10.2 Å². The molecule has 6 nitrogen and oxygen atoms in total. The number of aromatic hydroxyl groups is 1. The molecule has 0 aliphatic carbocycles. The van der Waals surface area contributed by atoms with Crippen molar-refractivity contribution >= 4 is 12.1 Å². The Balaban J connectivity index is 2.02. The van der Waals surface area contributed by atoms with Crippen LogP contribution in [0.5, 0.6) is 11.5 Å². The van der Waals surface area contributed by atoms with E-state index in [1.165, 1.54) is 25.6 Å². The van der Waals surface area contributed by atoms with Gasteiger partial charge in [0.2, 0.25) is 0 Å². The number of methoxy groups -OCH3 is 1. The van der Waals surface area contributed by atoms with Crippen molar-refractivity contribution in [1.29, 1.82) is 0 Å². The van der Waals surface area contributed by atoms with Crippen molar-refractivity contribution in [2.75, 3.05) is 7.11 Å². The highest BCUT2D eigenvalue weighted by Gasteiger charge is 2.04. The van der Waals surface area contributed by atoms with Gasteiger partial charge in [0.15, 0.2) is 11.5 Å². The third-order valence-electron chi connectivity index (χ3n) is 2.48. The molecule has 1 heterocycles. The van der Waals surface area contributed by atoms with Crippen molar-refractivity contribution in [2.24, 2.45) is 5.10 Å². The van der Waals surface area contributed by atoms with Crippen molar-refractivity contribution in [1.82, 2.24) is 10.4 Å². The summed E-state index contributed by atoms with van der Waals surface area (Å²) < 4.78 is 4.97. The molecule has 0 saturated heterocycles. The molecule has 0 aliphatic heterocycles. The standard InChI is InChI=1S/C14H13N3O3/c1-20-13-8-10(5-6-12(13)18)9-16-17-14(19)11-4-2-3-7-15-11/h2-9,18H,1H3,(H,17,19)/b16-9-. The number of hydrazone groups is 1. The second-order valence-electron chi connectivity index (χ2n) is 3.85. The molecule has 2 aromatic rings. The Kier molecular flexibility index (Phi) is 4.28. The van der Waals surface area contributed by atoms with Gasteiger partial charge in [-0.1, -0.05) is 6.07 Å². The molecule has 0 bridgehead atoms. The zero-order valence-corrected chi connectivity index (χ0v) is 10.8. The molecule has 102 valence electrons. The number of phenolic OH excluding ortho intramolecular Hbond substituents is 1. The monoisotopic (exact) mass is 271 g/mol. The lowest BCUT2D eigenvalue weighted by Gasteiger charge is -2.03. The summed E-state index contributed by atoms with van der Waals surface area (Å²) in [4.78, 5) is 15.6. The number of nitrogens with one attached hydrogen (secondary N) is 1. The predicted molar refractivity (Wildman–Crippen MR) is 74.0 cm³/mol. The molecule has 1 amide bonds. The van der Waals surface area contributed by atoms with Gasteiger partial charge in [-0.2, -0.15) is 5.10 Å². The number of pyridine rings is 1. The van der Waals surface area contributed by atoms with E-state index in [2.05, 4.69) is 15.5 Å². The summed E-state index contributed by atoms with van der Waals surface area (Å²) in [5.74, 6) is -0.0141. The number of benzene rings is 1. The molecule has 0 fully saturated rings. The van der Waals surface area contributed by atoms with Crippen LogP contribution >= 0.6 is 0 Å². The average molecular weight is 271 g/mol. The molecule has 0 saturated carbocycles. The average Bonchev–Trinajstić information content (AvgIpc) is 2.49. The van der Waals surface area contributed by atoms with E-state index in [1.807, 2.05) is 0 Å². The topological polar surface area (TPSA) is 83.8 Å². The van der Waals surface area contributed by atoms with Gasteiger partial charge in [0.1, 0.15) is 5.69 Å². The Morgan fingerprint density at radius 1 is 1.40 bits per heavy atom. The zero-order chi connectivity index (χ0) is 14.4. The number of hydrogen-bond acceptors (Lipinski definition) is 5. The lowest BCUT2D eigenvalue weighted by molar-refractivity contribution is 0.0950. The molecule has 6 heteroatoms. The van der Waals surface area contributed by atoms with Gasteiger partial charge in [-0.3, -0.25) is 9.78 Å². The number of nitrogens with zero attached hydrogens (tertiary/aromatic N) is 2. The van der Waals surface area contributed by atoms with Crippen LogP contribution in [0.2, 0.25) is 0 Å². The van der Waals surface area contributed by atoms with Crippen LogP contribution in [-0.4, -0.2) is 29.3 Å². The molecule has 2 N–H and O–H groups in total. The van der Waals surface area contributed by atoms with Gasteiger partial charge in [0.25, 0.3) is 5.91 Å². The first-order chi connectivity index (χ1) is 9.70. The summed E-state index contributed by atoms with van der Waals surface area (Å²) in [5, 5.41) is 13.3. The highest BCUT2D eigenvalue weighted by atomic mass is 16.5. The molecular weight excluding hydrogens is 258 g/mol. The maximum atomic E-state index is 11.7. The summed E-state index contributed by atoms with van der Waals surface area (Å²) in [6, 6.07) is 9.77. The van der Waals surface area contributed by atoms with Crippen molar-refractivity contribution in [3.63, 3.8) is 0 Å².